The molecule has 1 amide bonds. The fourth-order valence-electron chi connectivity index (χ4n) is 2.50. The number of para-hydroxylation sites is 1. The SMILES string of the molecule is CCOc1ccccc1C(=O)Nc1ccc2c(Cl)c(C(=O)OC)sc2c1. The van der Waals surface area contributed by atoms with Gasteiger partial charge in [0, 0.05) is 15.8 Å². The van der Waals surface area contributed by atoms with Crippen LogP contribution in [0.15, 0.2) is 42.5 Å². The second-order valence-corrected chi connectivity index (χ2v) is 6.76. The van der Waals surface area contributed by atoms with E-state index >= 15 is 0 Å². The number of esters is 1. The Hall–Kier alpha value is -2.57. The van der Waals surface area contributed by atoms with Gasteiger partial charge in [0.1, 0.15) is 10.6 Å². The number of carbonyl (C=O) groups is 2. The van der Waals surface area contributed by atoms with Crippen LogP contribution in [0.3, 0.4) is 0 Å². The summed E-state index contributed by atoms with van der Waals surface area (Å²) in [5.74, 6) is -0.225. The lowest BCUT2D eigenvalue weighted by Gasteiger charge is -2.10. The lowest BCUT2D eigenvalue weighted by atomic mass is 10.1. The molecule has 0 atom stereocenters. The first kappa shape index (κ1) is 18.2. The number of thiophene rings is 1. The van der Waals surface area contributed by atoms with Gasteiger partial charge in [-0.2, -0.15) is 0 Å². The molecule has 3 aromatic rings. The number of hydrogen-bond acceptors (Lipinski definition) is 5. The Balaban J connectivity index is 1.90. The third kappa shape index (κ3) is 3.52. The highest BCUT2D eigenvalue weighted by molar-refractivity contribution is 7.21. The first-order chi connectivity index (χ1) is 12.5. The molecule has 1 aromatic heterocycles. The standard InChI is InChI=1S/C19H16ClNO4S/c1-3-25-14-7-5-4-6-12(14)18(22)21-11-8-9-13-15(10-11)26-17(16(13)20)19(23)24-2/h4-10H,3H2,1-2H3,(H,21,22). The largest absolute Gasteiger partial charge is 0.493 e. The Morgan fingerprint density at radius 2 is 1.96 bits per heavy atom. The van der Waals surface area contributed by atoms with E-state index in [2.05, 4.69) is 5.32 Å². The van der Waals surface area contributed by atoms with E-state index < -0.39 is 5.97 Å². The zero-order valence-corrected chi connectivity index (χ0v) is 15.7. The highest BCUT2D eigenvalue weighted by Gasteiger charge is 2.18. The van der Waals surface area contributed by atoms with Crippen LogP contribution in [0.1, 0.15) is 27.0 Å². The van der Waals surface area contributed by atoms with Gasteiger partial charge in [-0.15, -0.1) is 11.3 Å². The molecule has 3 rings (SSSR count). The van der Waals surface area contributed by atoms with Gasteiger partial charge in [0.2, 0.25) is 0 Å². The van der Waals surface area contributed by atoms with E-state index in [4.69, 9.17) is 21.1 Å². The molecule has 134 valence electrons. The number of benzene rings is 2. The lowest BCUT2D eigenvalue weighted by molar-refractivity contribution is 0.0606. The van der Waals surface area contributed by atoms with Crippen LogP contribution in [0.25, 0.3) is 10.1 Å². The highest BCUT2D eigenvalue weighted by Crippen LogP contribution is 2.37. The number of nitrogens with one attached hydrogen (secondary N) is 1. The zero-order chi connectivity index (χ0) is 18.7. The quantitative estimate of drug-likeness (QED) is 0.624. The van der Waals surface area contributed by atoms with Gasteiger partial charge in [0.15, 0.2) is 0 Å². The molecule has 0 radical (unpaired) electrons. The molecule has 7 heteroatoms. The summed E-state index contributed by atoms with van der Waals surface area (Å²) < 4.78 is 11.0. The van der Waals surface area contributed by atoms with E-state index in [9.17, 15) is 9.59 Å². The third-order valence-corrected chi connectivity index (χ3v) is 5.33. The summed E-state index contributed by atoms with van der Waals surface area (Å²) in [6.07, 6.45) is 0. The van der Waals surface area contributed by atoms with Crippen molar-refractivity contribution in [1.29, 1.82) is 0 Å². The summed E-state index contributed by atoms with van der Waals surface area (Å²) in [5.41, 5.74) is 1.05. The van der Waals surface area contributed by atoms with Crippen LogP contribution in [-0.2, 0) is 4.74 Å². The van der Waals surface area contributed by atoms with E-state index in [1.807, 2.05) is 13.0 Å². The van der Waals surface area contributed by atoms with Crippen molar-refractivity contribution in [3.8, 4) is 5.75 Å². The van der Waals surface area contributed by atoms with E-state index in [0.29, 0.717) is 33.5 Å². The number of rotatable bonds is 5. The van der Waals surface area contributed by atoms with Crippen molar-refractivity contribution < 1.29 is 19.1 Å². The third-order valence-electron chi connectivity index (χ3n) is 3.69. The van der Waals surface area contributed by atoms with Crippen LogP contribution in [0.2, 0.25) is 5.02 Å². The molecular formula is C19H16ClNO4S. The van der Waals surface area contributed by atoms with E-state index in [0.717, 1.165) is 10.1 Å². The molecule has 0 aliphatic carbocycles. The molecule has 0 saturated carbocycles. The Labute approximate surface area is 159 Å². The molecule has 0 unspecified atom stereocenters. The number of ether oxygens (including phenoxy) is 2. The zero-order valence-electron chi connectivity index (χ0n) is 14.2. The summed E-state index contributed by atoms with van der Waals surface area (Å²) >= 11 is 7.47. The molecule has 5 nitrogen and oxygen atoms in total. The van der Waals surface area contributed by atoms with Crippen LogP contribution in [0.4, 0.5) is 5.69 Å². The van der Waals surface area contributed by atoms with Crippen molar-refractivity contribution in [2.24, 2.45) is 0 Å². The number of anilines is 1. The lowest BCUT2D eigenvalue weighted by Crippen LogP contribution is -2.13. The minimum atomic E-state index is -0.479. The molecule has 0 aliphatic rings. The highest BCUT2D eigenvalue weighted by atomic mass is 35.5. The minimum Gasteiger partial charge on any atom is -0.493 e. The van der Waals surface area contributed by atoms with Crippen molar-refractivity contribution in [1.82, 2.24) is 0 Å². The molecule has 1 N–H and O–H groups in total. The van der Waals surface area contributed by atoms with Crippen LogP contribution < -0.4 is 10.1 Å². The maximum atomic E-state index is 12.6. The second kappa shape index (κ2) is 7.76. The summed E-state index contributed by atoms with van der Waals surface area (Å²) in [5, 5.41) is 3.95. The maximum Gasteiger partial charge on any atom is 0.349 e. The molecule has 0 fully saturated rings. The van der Waals surface area contributed by atoms with E-state index in [-0.39, 0.29) is 5.91 Å². The summed E-state index contributed by atoms with van der Waals surface area (Å²) in [4.78, 5) is 24.7. The minimum absolute atomic E-state index is 0.274. The number of halogens is 1. The average Bonchev–Trinajstić information content (AvgIpc) is 2.98. The molecule has 2 aromatic carbocycles. The van der Waals surface area contributed by atoms with Crippen molar-refractivity contribution in [3.63, 3.8) is 0 Å². The normalized spacial score (nSPS) is 10.6. The smallest absolute Gasteiger partial charge is 0.349 e. The summed E-state index contributed by atoms with van der Waals surface area (Å²) in [6.45, 7) is 2.34. The molecule has 26 heavy (non-hydrogen) atoms. The molecular weight excluding hydrogens is 374 g/mol. The van der Waals surface area contributed by atoms with Crippen LogP contribution >= 0.6 is 22.9 Å². The van der Waals surface area contributed by atoms with Crippen molar-refractivity contribution in [3.05, 3.63) is 57.9 Å². The number of hydrogen-bond donors (Lipinski definition) is 1. The van der Waals surface area contributed by atoms with Gasteiger partial charge in [-0.1, -0.05) is 23.7 Å². The average molecular weight is 390 g/mol. The predicted octanol–water partition coefficient (Wildman–Crippen LogP) is 4.99. The van der Waals surface area contributed by atoms with E-state index in [1.54, 1.807) is 36.4 Å². The van der Waals surface area contributed by atoms with Gasteiger partial charge in [0.05, 0.1) is 24.3 Å². The van der Waals surface area contributed by atoms with Crippen molar-refractivity contribution in [2.75, 3.05) is 19.0 Å². The number of carbonyl (C=O) groups excluding carboxylic acids is 2. The van der Waals surface area contributed by atoms with Crippen molar-refractivity contribution in [2.45, 2.75) is 6.92 Å². The second-order valence-electron chi connectivity index (χ2n) is 5.33. The Morgan fingerprint density at radius 3 is 2.69 bits per heavy atom. The fourth-order valence-corrected chi connectivity index (χ4v) is 3.97. The van der Waals surface area contributed by atoms with Crippen LogP contribution in [0.5, 0.6) is 5.75 Å². The summed E-state index contributed by atoms with van der Waals surface area (Å²) in [7, 11) is 1.31. The molecule has 0 bridgehead atoms. The number of methoxy groups -OCH3 is 1. The Morgan fingerprint density at radius 1 is 1.19 bits per heavy atom. The Kier molecular flexibility index (Phi) is 5.44. The van der Waals surface area contributed by atoms with Gasteiger partial charge < -0.3 is 14.8 Å². The summed E-state index contributed by atoms with van der Waals surface area (Å²) in [6, 6.07) is 12.3. The Bertz CT molecular complexity index is 983. The van der Waals surface area contributed by atoms with Gasteiger partial charge in [-0.05, 0) is 37.3 Å². The maximum absolute atomic E-state index is 12.6. The molecule has 1 heterocycles. The topological polar surface area (TPSA) is 64.6 Å². The fraction of sp³-hybridized carbons (Fsp3) is 0.158. The first-order valence-electron chi connectivity index (χ1n) is 7.88. The molecule has 0 aliphatic heterocycles. The van der Waals surface area contributed by atoms with Crippen LogP contribution in [0, 0.1) is 0 Å². The van der Waals surface area contributed by atoms with Gasteiger partial charge in [-0.3, -0.25) is 4.79 Å². The number of fused-ring (bicyclic) bond motifs is 1. The van der Waals surface area contributed by atoms with Gasteiger partial charge in [-0.25, -0.2) is 4.79 Å². The monoisotopic (exact) mass is 389 g/mol. The molecule has 0 spiro atoms. The van der Waals surface area contributed by atoms with Gasteiger partial charge >= 0.3 is 5.97 Å². The van der Waals surface area contributed by atoms with Crippen LogP contribution in [-0.4, -0.2) is 25.6 Å². The molecule has 0 saturated heterocycles. The predicted molar refractivity (Wildman–Crippen MR) is 104 cm³/mol. The number of amides is 1. The van der Waals surface area contributed by atoms with Crippen molar-refractivity contribution >= 4 is 50.6 Å². The van der Waals surface area contributed by atoms with E-state index in [1.165, 1.54) is 18.4 Å². The van der Waals surface area contributed by atoms with Gasteiger partial charge in [0.25, 0.3) is 5.91 Å². The first-order valence-corrected chi connectivity index (χ1v) is 9.08.